The first-order chi connectivity index (χ1) is 11.7. The lowest BCUT2D eigenvalue weighted by Gasteiger charge is -2.26. The van der Waals surface area contributed by atoms with Gasteiger partial charge in [-0.15, -0.1) is 11.3 Å². The van der Waals surface area contributed by atoms with Crippen LogP contribution in [0.5, 0.6) is 0 Å². The van der Waals surface area contributed by atoms with E-state index in [0.717, 1.165) is 53.3 Å². The Morgan fingerprint density at radius 3 is 2.96 bits per heavy atom. The van der Waals surface area contributed by atoms with Crippen LogP contribution in [0.4, 0.5) is 10.8 Å². The van der Waals surface area contributed by atoms with Crippen LogP contribution < -0.4 is 16.0 Å². The van der Waals surface area contributed by atoms with Crippen LogP contribution in [0.3, 0.4) is 0 Å². The number of carbonyl (C=O) groups is 1. The number of thiazole rings is 1. The molecule has 1 fully saturated rings. The molecular weight excluding hydrogens is 324 g/mol. The van der Waals surface area contributed by atoms with Gasteiger partial charge in [-0.05, 0) is 24.6 Å². The van der Waals surface area contributed by atoms with Gasteiger partial charge in [0.05, 0.1) is 25.3 Å². The van der Waals surface area contributed by atoms with E-state index in [2.05, 4.69) is 15.2 Å². The Bertz CT molecular complexity index is 710. The maximum Gasteiger partial charge on any atom is 0.229 e. The van der Waals surface area contributed by atoms with Crippen molar-refractivity contribution in [3.63, 3.8) is 0 Å². The summed E-state index contributed by atoms with van der Waals surface area (Å²) in [5.74, 6) is -0.0375. The Kier molecular flexibility index (Phi) is 5.44. The average Bonchev–Trinajstić information content (AvgIpc) is 2.96. The van der Waals surface area contributed by atoms with E-state index in [0.29, 0.717) is 13.0 Å². The summed E-state index contributed by atoms with van der Waals surface area (Å²) in [6.07, 6.45) is 0.334. The van der Waals surface area contributed by atoms with Gasteiger partial charge in [-0.2, -0.15) is 0 Å². The molecule has 128 valence electrons. The second-order valence-corrected chi connectivity index (χ2v) is 6.80. The number of ether oxygens (including phenoxy) is 1. The standard InChI is InChI=1S/C17H22N4O2S/c1-12-15(24-17(19-12)21-5-7-23-8-6-21)10-16(22)20-14-4-2-3-13(9-14)11-18/h2-4,9H,5-8,10-11,18H2,1H3,(H,20,22). The fraction of sp³-hybridized carbons (Fsp3) is 0.412. The molecule has 0 bridgehead atoms. The second kappa shape index (κ2) is 7.74. The fourth-order valence-corrected chi connectivity index (χ4v) is 3.70. The van der Waals surface area contributed by atoms with Gasteiger partial charge in [-0.1, -0.05) is 12.1 Å². The Balaban J connectivity index is 1.64. The SMILES string of the molecule is Cc1nc(N2CCOCC2)sc1CC(=O)Nc1cccc(CN)c1. The molecule has 6 nitrogen and oxygen atoms in total. The zero-order chi connectivity index (χ0) is 16.9. The van der Waals surface area contributed by atoms with Crippen molar-refractivity contribution in [3.05, 3.63) is 40.4 Å². The predicted octanol–water partition coefficient (Wildman–Crippen LogP) is 1.93. The van der Waals surface area contributed by atoms with Crippen molar-refractivity contribution in [2.24, 2.45) is 5.73 Å². The lowest BCUT2D eigenvalue weighted by Crippen LogP contribution is -2.36. The summed E-state index contributed by atoms with van der Waals surface area (Å²) in [5, 5.41) is 3.91. The minimum absolute atomic E-state index is 0.0375. The number of nitrogens with zero attached hydrogens (tertiary/aromatic N) is 2. The first-order valence-electron chi connectivity index (χ1n) is 8.03. The van der Waals surface area contributed by atoms with Gasteiger partial charge >= 0.3 is 0 Å². The van der Waals surface area contributed by atoms with Gasteiger partial charge in [0, 0.05) is 30.2 Å². The molecule has 0 saturated carbocycles. The van der Waals surface area contributed by atoms with Crippen LogP contribution >= 0.6 is 11.3 Å². The monoisotopic (exact) mass is 346 g/mol. The highest BCUT2D eigenvalue weighted by Gasteiger charge is 2.18. The normalized spacial score (nSPS) is 14.7. The van der Waals surface area contributed by atoms with Gasteiger partial charge in [-0.25, -0.2) is 4.98 Å². The van der Waals surface area contributed by atoms with E-state index in [1.807, 2.05) is 31.2 Å². The third-order valence-electron chi connectivity index (χ3n) is 3.93. The molecule has 1 aliphatic rings. The van der Waals surface area contributed by atoms with Crippen molar-refractivity contribution in [3.8, 4) is 0 Å². The van der Waals surface area contributed by atoms with Gasteiger partial charge in [0.25, 0.3) is 0 Å². The molecule has 3 N–H and O–H groups in total. The molecule has 0 unspecified atom stereocenters. The van der Waals surface area contributed by atoms with E-state index < -0.39 is 0 Å². The second-order valence-electron chi connectivity index (χ2n) is 5.73. The highest BCUT2D eigenvalue weighted by Crippen LogP contribution is 2.27. The Labute approximate surface area is 145 Å². The molecule has 1 aliphatic heterocycles. The lowest BCUT2D eigenvalue weighted by molar-refractivity contribution is -0.115. The van der Waals surface area contributed by atoms with Gasteiger partial charge in [0.2, 0.25) is 5.91 Å². The quantitative estimate of drug-likeness (QED) is 0.865. The molecule has 1 amide bonds. The number of nitrogens with one attached hydrogen (secondary N) is 1. The first kappa shape index (κ1) is 16.9. The Morgan fingerprint density at radius 1 is 1.42 bits per heavy atom. The van der Waals surface area contributed by atoms with Crippen molar-refractivity contribution in [2.45, 2.75) is 19.9 Å². The lowest BCUT2D eigenvalue weighted by atomic mass is 10.2. The Morgan fingerprint density at radius 2 is 2.21 bits per heavy atom. The molecule has 0 radical (unpaired) electrons. The number of anilines is 2. The van der Waals surface area contributed by atoms with Crippen molar-refractivity contribution < 1.29 is 9.53 Å². The smallest absolute Gasteiger partial charge is 0.229 e. The third kappa shape index (κ3) is 4.11. The first-order valence-corrected chi connectivity index (χ1v) is 8.85. The number of carbonyl (C=O) groups excluding carboxylic acids is 1. The van der Waals surface area contributed by atoms with Crippen LogP contribution in [-0.2, 0) is 22.5 Å². The van der Waals surface area contributed by atoms with E-state index in [-0.39, 0.29) is 5.91 Å². The fourth-order valence-electron chi connectivity index (χ4n) is 2.59. The molecule has 1 aromatic carbocycles. The van der Waals surface area contributed by atoms with Gasteiger partial charge < -0.3 is 20.7 Å². The molecule has 2 heterocycles. The molecule has 24 heavy (non-hydrogen) atoms. The van der Waals surface area contributed by atoms with Gasteiger partial charge in [-0.3, -0.25) is 4.79 Å². The highest BCUT2D eigenvalue weighted by molar-refractivity contribution is 7.15. The van der Waals surface area contributed by atoms with Gasteiger partial charge in [0.15, 0.2) is 5.13 Å². The van der Waals surface area contributed by atoms with E-state index in [1.54, 1.807) is 11.3 Å². The van der Waals surface area contributed by atoms with Crippen molar-refractivity contribution in [2.75, 3.05) is 36.5 Å². The number of aryl methyl sites for hydroxylation is 1. The number of morpholine rings is 1. The van der Waals surface area contributed by atoms with Gasteiger partial charge in [0.1, 0.15) is 0 Å². The molecule has 0 aliphatic carbocycles. The summed E-state index contributed by atoms with van der Waals surface area (Å²) >= 11 is 1.59. The summed E-state index contributed by atoms with van der Waals surface area (Å²) in [7, 11) is 0. The number of hydrogen-bond acceptors (Lipinski definition) is 6. The summed E-state index contributed by atoms with van der Waals surface area (Å²) in [6, 6.07) is 7.61. The third-order valence-corrected chi connectivity index (χ3v) is 5.15. The zero-order valence-corrected chi connectivity index (χ0v) is 14.6. The van der Waals surface area contributed by atoms with E-state index in [4.69, 9.17) is 10.5 Å². The van der Waals surface area contributed by atoms with E-state index >= 15 is 0 Å². The number of benzene rings is 1. The predicted molar refractivity (Wildman–Crippen MR) is 96.6 cm³/mol. The molecule has 0 atom stereocenters. The minimum atomic E-state index is -0.0375. The highest BCUT2D eigenvalue weighted by atomic mass is 32.1. The number of hydrogen-bond donors (Lipinski definition) is 2. The molecule has 0 spiro atoms. The van der Waals surface area contributed by atoms with Crippen molar-refractivity contribution >= 4 is 28.1 Å². The average molecular weight is 346 g/mol. The van der Waals surface area contributed by atoms with Crippen LogP contribution in [0, 0.1) is 6.92 Å². The number of amides is 1. The zero-order valence-electron chi connectivity index (χ0n) is 13.7. The maximum absolute atomic E-state index is 12.3. The molecule has 3 rings (SSSR count). The van der Waals surface area contributed by atoms with Crippen LogP contribution in [0.15, 0.2) is 24.3 Å². The van der Waals surface area contributed by atoms with Crippen molar-refractivity contribution in [1.29, 1.82) is 0 Å². The summed E-state index contributed by atoms with van der Waals surface area (Å²) in [5.41, 5.74) is 8.33. The van der Waals surface area contributed by atoms with E-state index in [1.165, 1.54) is 0 Å². The van der Waals surface area contributed by atoms with E-state index in [9.17, 15) is 4.79 Å². The molecular formula is C17H22N4O2S. The molecule has 7 heteroatoms. The van der Waals surface area contributed by atoms with Crippen LogP contribution in [-0.4, -0.2) is 37.2 Å². The molecule has 2 aromatic rings. The number of rotatable bonds is 5. The van der Waals surface area contributed by atoms with Crippen LogP contribution in [0.1, 0.15) is 16.1 Å². The van der Waals surface area contributed by atoms with Crippen LogP contribution in [0.25, 0.3) is 0 Å². The largest absolute Gasteiger partial charge is 0.378 e. The Hall–Kier alpha value is -1.96. The molecule has 1 saturated heterocycles. The van der Waals surface area contributed by atoms with Crippen LogP contribution in [0.2, 0.25) is 0 Å². The number of nitrogens with two attached hydrogens (primary N) is 1. The number of aromatic nitrogens is 1. The minimum Gasteiger partial charge on any atom is -0.378 e. The van der Waals surface area contributed by atoms with Crippen molar-refractivity contribution in [1.82, 2.24) is 4.98 Å². The summed E-state index contributed by atoms with van der Waals surface area (Å²) < 4.78 is 5.37. The summed E-state index contributed by atoms with van der Waals surface area (Å²) in [4.78, 5) is 20.2. The topological polar surface area (TPSA) is 80.5 Å². The maximum atomic E-state index is 12.3. The summed E-state index contributed by atoms with van der Waals surface area (Å²) in [6.45, 7) is 5.57. The molecule has 1 aromatic heterocycles.